The molecule has 0 bridgehead atoms. The molecule has 1 aromatic heterocycles. The molecule has 1 heterocycles. The van der Waals surface area contributed by atoms with Gasteiger partial charge < -0.3 is 14.2 Å². The van der Waals surface area contributed by atoms with Crippen LogP contribution in [0.25, 0.3) is 21.8 Å². The smallest absolute Gasteiger partial charge is 0.456 e. The Morgan fingerprint density at radius 2 is 1.52 bits per heavy atom. The summed E-state index contributed by atoms with van der Waals surface area (Å²) < 4.78 is 53.7. The SMILES string of the molecule is CC(C)(C)OC(=O)c1cc(Oc2ccccc2OC(F)(F)F)cc2nc3ccccc3cc12. The molecule has 0 unspecified atom stereocenters. The first kappa shape index (κ1) is 22.4. The van der Waals surface area contributed by atoms with E-state index < -0.39 is 23.7 Å². The Morgan fingerprint density at radius 3 is 2.21 bits per heavy atom. The summed E-state index contributed by atoms with van der Waals surface area (Å²) in [5.74, 6) is -1.15. The van der Waals surface area contributed by atoms with Crippen LogP contribution in [0.4, 0.5) is 13.2 Å². The molecule has 170 valence electrons. The molecule has 0 aliphatic rings. The molecule has 0 radical (unpaired) electrons. The number of pyridine rings is 1. The first-order valence-electron chi connectivity index (χ1n) is 10.1. The van der Waals surface area contributed by atoms with Gasteiger partial charge in [-0.25, -0.2) is 9.78 Å². The third-order valence-electron chi connectivity index (χ3n) is 4.53. The fourth-order valence-corrected chi connectivity index (χ4v) is 3.28. The molecular formula is C25H20F3NO4. The van der Waals surface area contributed by atoms with E-state index in [4.69, 9.17) is 9.47 Å². The summed E-state index contributed by atoms with van der Waals surface area (Å²) in [4.78, 5) is 17.6. The minimum Gasteiger partial charge on any atom is -0.456 e. The van der Waals surface area contributed by atoms with Crippen molar-refractivity contribution in [1.29, 1.82) is 0 Å². The molecule has 8 heteroatoms. The summed E-state index contributed by atoms with van der Waals surface area (Å²) >= 11 is 0. The summed E-state index contributed by atoms with van der Waals surface area (Å²) in [5.41, 5.74) is 0.557. The number of para-hydroxylation sites is 3. The number of esters is 1. The minimum absolute atomic E-state index is 0.115. The second-order valence-corrected chi connectivity index (χ2v) is 8.32. The van der Waals surface area contributed by atoms with E-state index in [1.807, 2.05) is 30.3 Å². The third kappa shape index (κ3) is 5.34. The van der Waals surface area contributed by atoms with E-state index in [0.29, 0.717) is 16.4 Å². The molecule has 33 heavy (non-hydrogen) atoms. The number of rotatable bonds is 4. The van der Waals surface area contributed by atoms with Crippen LogP contribution < -0.4 is 9.47 Å². The number of benzene rings is 3. The fourth-order valence-electron chi connectivity index (χ4n) is 3.28. The second kappa shape index (κ2) is 8.27. The standard InChI is InChI=1S/C25H20F3NO4/c1-24(2,3)33-23(30)18-13-16(31-21-10-6-7-11-22(21)32-25(26,27)28)14-20-17(18)12-15-8-4-5-9-19(15)29-20/h4-14H,1-3H3. The van der Waals surface area contributed by atoms with Crippen LogP contribution in [0.3, 0.4) is 0 Å². The molecule has 0 aliphatic carbocycles. The van der Waals surface area contributed by atoms with Crippen LogP contribution >= 0.6 is 0 Å². The highest BCUT2D eigenvalue weighted by Gasteiger charge is 2.32. The minimum atomic E-state index is -4.88. The Bertz CT molecular complexity index is 1340. The topological polar surface area (TPSA) is 57.7 Å². The first-order chi connectivity index (χ1) is 15.5. The summed E-state index contributed by atoms with van der Waals surface area (Å²) in [5, 5.41) is 1.36. The number of hydrogen-bond donors (Lipinski definition) is 0. The van der Waals surface area contributed by atoms with Gasteiger partial charge in [0.25, 0.3) is 0 Å². The van der Waals surface area contributed by atoms with Gasteiger partial charge in [-0.1, -0.05) is 30.3 Å². The average Bonchev–Trinajstić information content (AvgIpc) is 2.71. The van der Waals surface area contributed by atoms with Crippen molar-refractivity contribution in [2.75, 3.05) is 0 Å². The summed E-state index contributed by atoms with van der Waals surface area (Å²) in [6.45, 7) is 5.23. The van der Waals surface area contributed by atoms with E-state index in [2.05, 4.69) is 9.72 Å². The zero-order valence-electron chi connectivity index (χ0n) is 18.1. The highest BCUT2D eigenvalue weighted by atomic mass is 19.4. The predicted octanol–water partition coefficient (Wildman–Crippen LogP) is 7.03. The number of carbonyl (C=O) groups excluding carboxylic acids is 1. The highest BCUT2D eigenvalue weighted by Crippen LogP contribution is 2.37. The Kier molecular flexibility index (Phi) is 5.61. The van der Waals surface area contributed by atoms with Gasteiger partial charge in [0, 0.05) is 16.8 Å². The van der Waals surface area contributed by atoms with Crippen molar-refractivity contribution in [2.24, 2.45) is 0 Å². The van der Waals surface area contributed by atoms with Crippen molar-refractivity contribution in [3.63, 3.8) is 0 Å². The molecule has 4 aromatic rings. The quantitative estimate of drug-likeness (QED) is 0.244. The Balaban J connectivity index is 1.84. The van der Waals surface area contributed by atoms with Gasteiger partial charge in [-0.3, -0.25) is 0 Å². The van der Waals surface area contributed by atoms with Crippen LogP contribution in [0.5, 0.6) is 17.2 Å². The van der Waals surface area contributed by atoms with Crippen LogP contribution in [0, 0.1) is 0 Å². The lowest BCUT2D eigenvalue weighted by atomic mass is 10.0. The molecule has 3 aromatic carbocycles. The van der Waals surface area contributed by atoms with Crippen molar-refractivity contribution >= 4 is 27.8 Å². The van der Waals surface area contributed by atoms with Gasteiger partial charge in [-0.05, 0) is 51.1 Å². The molecule has 0 atom stereocenters. The molecule has 0 saturated heterocycles. The molecule has 0 fully saturated rings. The van der Waals surface area contributed by atoms with Gasteiger partial charge in [0.15, 0.2) is 11.5 Å². The first-order valence-corrected chi connectivity index (χ1v) is 10.1. The lowest BCUT2D eigenvalue weighted by Gasteiger charge is -2.20. The molecule has 0 spiro atoms. The zero-order valence-corrected chi connectivity index (χ0v) is 18.1. The third-order valence-corrected chi connectivity index (χ3v) is 4.53. The van der Waals surface area contributed by atoms with Crippen LogP contribution in [0.2, 0.25) is 0 Å². The van der Waals surface area contributed by atoms with Crippen LogP contribution in [0.15, 0.2) is 66.7 Å². The average molecular weight is 455 g/mol. The largest absolute Gasteiger partial charge is 0.573 e. The molecule has 0 amide bonds. The van der Waals surface area contributed by atoms with E-state index in [9.17, 15) is 18.0 Å². The van der Waals surface area contributed by atoms with Gasteiger partial charge in [-0.15, -0.1) is 13.2 Å². The summed E-state index contributed by atoms with van der Waals surface area (Å²) in [6.07, 6.45) is -4.88. The molecule has 0 aliphatic heterocycles. The Labute approximate surface area is 187 Å². The number of nitrogens with zero attached hydrogens (tertiary/aromatic N) is 1. The Hall–Kier alpha value is -3.81. The Morgan fingerprint density at radius 1 is 0.848 bits per heavy atom. The van der Waals surface area contributed by atoms with Crippen molar-refractivity contribution < 1.29 is 32.2 Å². The lowest BCUT2D eigenvalue weighted by molar-refractivity contribution is -0.275. The summed E-state index contributed by atoms with van der Waals surface area (Å²) in [7, 11) is 0. The molecule has 5 nitrogen and oxygen atoms in total. The maximum absolute atomic E-state index is 13.0. The van der Waals surface area contributed by atoms with E-state index in [0.717, 1.165) is 11.5 Å². The van der Waals surface area contributed by atoms with Gasteiger partial charge in [0.2, 0.25) is 0 Å². The van der Waals surface area contributed by atoms with E-state index >= 15 is 0 Å². The molecule has 0 saturated carbocycles. The normalized spacial score (nSPS) is 12.1. The van der Waals surface area contributed by atoms with Crippen LogP contribution in [0.1, 0.15) is 31.1 Å². The van der Waals surface area contributed by atoms with Crippen molar-refractivity contribution in [2.45, 2.75) is 32.7 Å². The number of ether oxygens (including phenoxy) is 3. The maximum atomic E-state index is 13.0. The van der Waals surface area contributed by atoms with E-state index in [1.54, 1.807) is 26.8 Å². The molecule has 0 N–H and O–H groups in total. The number of alkyl halides is 3. The van der Waals surface area contributed by atoms with E-state index in [1.165, 1.54) is 24.3 Å². The van der Waals surface area contributed by atoms with Gasteiger partial charge in [0.05, 0.1) is 16.6 Å². The zero-order chi connectivity index (χ0) is 23.8. The monoisotopic (exact) mass is 455 g/mol. The number of fused-ring (bicyclic) bond motifs is 2. The van der Waals surface area contributed by atoms with Crippen molar-refractivity contribution in [3.05, 3.63) is 72.3 Å². The van der Waals surface area contributed by atoms with Gasteiger partial charge in [0.1, 0.15) is 11.4 Å². The number of carbonyl (C=O) groups is 1. The molecule has 4 rings (SSSR count). The fraction of sp³-hybridized carbons (Fsp3) is 0.200. The van der Waals surface area contributed by atoms with E-state index in [-0.39, 0.29) is 17.1 Å². The van der Waals surface area contributed by atoms with Gasteiger partial charge >= 0.3 is 12.3 Å². The lowest BCUT2D eigenvalue weighted by Crippen LogP contribution is -2.24. The second-order valence-electron chi connectivity index (χ2n) is 8.32. The molecular weight excluding hydrogens is 435 g/mol. The van der Waals surface area contributed by atoms with Crippen molar-refractivity contribution in [3.8, 4) is 17.2 Å². The summed E-state index contributed by atoms with van der Waals surface area (Å²) in [6, 6.07) is 17.6. The number of hydrogen-bond acceptors (Lipinski definition) is 5. The highest BCUT2D eigenvalue weighted by molar-refractivity contribution is 6.07. The van der Waals surface area contributed by atoms with Crippen LogP contribution in [-0.4, -0.2) is 22.9 Å². The number of aromatic nitrogens is 1. The van der Waals surface area contributed by atoms with Gasteiger partial charge in [-0.2, -0.15) is 0 Å². The number of halogens is 3. The maximum Gasteiger partial charge on any atom is 0.573 e. The van der Waals surface area contributed by atoms with Crippen LogP contribution in [-0.2, 0) is 4.74 Å². The predicted molar refractivity (Wildman–Crippen MR) is 118 cm³/mol. The van der Waals surface area contributed by atoms with Crippen molar-refractivity contribution in [1.82, 2.24) is 4.98 Å².